The van der Waals surface area contributed by atoms with Crippen molar-refractivity contribution in [1.29, 1.82) is 0 Å². The minimum atomic E-state index is -0.207. The van der Waals surface area contributed by atoms with Gasteiger partial charge in [-0.3, -0.25) is 9.78 Å². The topological polar surface area (TPSA) is 82.0 Å². The molecule has 2 aromatic heterocycles. The molecule has 0 bridgehead atoms. The van der Waals surface area contributed by atoms with E-state index < -0.39 is 0 Å². The molecule has 162 valence electrons. The van der Waals surface area contributed by atoms with E-state index in [2.05, 4.69) is 27.9 Å². The van der Waals surface area contributed by atoms with Gasteiger partial charge in [0.25, 0.3) is 5.91 Å². The van der Waals surface area contributed by atoms with Gasteiger partial charge in [-0.15, -0.1) is 24.0 Å². The quantitative estimate of drug-likeness (QED) is 0.214. The van der Waals surface area contributed by atoms with Crippen LogP contribution in [-0.4, -0.2) is 31.4 Å². The zero-order valence-corrected chi connectivity index (χ0v) is 18.9. The van der Waals surface area contributed by atoms with Crippen molar-refractivity contribution in [2.24, 2.45) is 4.99 Å². The SMILES string of the molecule is COc1cc2nccc(Oc3ccc(N=CNC(=O)c4cccs4)c(S)c3)c2cc1OC. The van der Waals surface area contributed by atoms with E-state index >= 15 is 0 Å². The number of carbonyl (C=O) groups excluding carboxylic acids is 1. The zero-order valence-electron chi connectivity index (χ0n) is 17.2. The maximum absolute atomic E-state index is 12.0. The molecule has 1 amide bonds. The van der Waals surface area contributed by atoms with Gasteiger partial charge < -0.3 is 19.5 Å². The number of carbonyl (C=O) groups is 1. The van der Waals surface area contributed by atoms with Crippen LogP contribution in [0, 0.1) is 0 Å². The second-order valence-corrected chi connectivity index (χ2v) is 7.92. The van der Waals surface area contributed by atoms with Crippen LogP contribution in [0.3, 0.4) is 0 Å². The van der Waals surface area contributed by atoms with Crippen LogP contribution in [0.25, 0.3) is 10.9 Å². The number of hydrogen-bond donors (Lipinski definition) is 2. The van der Waals surface area contributed by atoms with Crippen molar-refractivity contribution in [3.8, 4) is 23.0 Å². The lowest BCUT2D eigenvalue weighted by Crippen LogP contribution is -2.20. The first-order chi connectivity index (χ1) is 15.6. The van der Waals surface area contributed by atoms with Crippen molar-refractivity contribution >= 4 is 52.8 Å². The van der Waals surface area contributed by atoms with E-state index in [9.17, 15) is 4.79 Å². The Morgan fingerprint density at radius 1 is 1.09 bits per heavy atom. The predicted molar refractivity (Wildman–Crippen MR) is 129 cm³/mol. The number of rotatable bonds is 7. The van der Waals surface area contributed by atoms with Gasteiger partial charge in [-0.1, -0.05) is 6.07 Å². The smallest absolute Gasteiger partial charge is 0.266 e. The number of fused-ring (bicyclic) bond motifs is 1. The average Bonchev–Trinajstić information content (AvgIpc) is 3.35. The first-order valence-corrected chi connectivity index (χ1v) is 10.8. The number of pyridine rings is 1. The van der Waals surface area contributed by atoms with Crippen LogP contribution in [0.2, 0.25) is 0 Å². The standard InChI is InChI=1S/C23H19N3O4S2/c1-28-19-11-15-17(12-20(19)29-2)24-8-7-18(15)30-14-5-6-16(21(31)10-14)25-13-26-23(27)22-4-3-9-32-22/h3-13,31H,1-2H3,(H,25,26,27). The molecule has 0 spiro atoms. The van der Waals surface area contributed by atoms with E-state index in [0.717, 1.165) is 5.39 Å². The molecule has 0 radical (unpaired) electrons. The van der Waals surface area contributed by atoms with E-state index in [4.69, 9.17) is 14.2 Å². The van der Waals surface area contributed by atoms with E-state index in [1.807, 2.05) is 17.5 Å². The molecule has 7 nitrogen and oxygen atoms in total. The molecule has 0 saturated heterocycles. The molecular formula is C23H19N3O4S2. The number of methoxy groups -OCH3 is 2. The molecule has 4 aromatic rings. The van der Waals surface area contributed by atoms with Crippen molar-refractivity contribution in [2.75, 3.05) is 14.2 Å². The Kier molecular flexibility index (Phi) is 6.58. The molecule has 0 saturated carbocycles. The normalized spacial score (nSPS) is 11.0. The third kappa shape index (κ3) is 4.68. The number of thiophene rings is 1. The third-order valence-corrected chi connectivity index (χ3v) is 5.75. The molecule has 4 rings (SSSR count). The van der Waals surface area contributed by atoms with Gasteiger partial charge in [-0.2, -0.15) is 0 Å². The van der Waals surface area contributed by atoms with E-state index in [0.29, 0.717) is 44.0 Å². The third-order valence-electron chi connectivity index (χ3n) is 4.53. The summed E-state index contributed by atoms with van der Waals surface area (Å²) in [6.07, 6.45) is 3.02. The monoisotopic (exact) mass is 465 g/mol. The molecule has 0 aliphatic heterocycles. The Morgan fingerprint density at radius 3 is 2.62 bits per heavy atom. The Morgan fingerprint density at radius 2 is 1.91 bits per heavy atom. The molecule has 0 aliphatic carbocycles. The second-order valence-electron chi connectivity index (χ2n) is 6.49. The average molecular weight is 466 g/mol. The Labute approximate surface area is 194 Å². The molecule has 2 aromatic carbocycles. The van der Waals surface area contributed by atoms with Crippen molar-refractivity contribution < 1.29 is 19.0 Å². The van der Waals surface area contributed by atoms with E-state index in [1.54, 1.807) is 56.8 Å². The van der Waals surface area contributed by atoms with Gasteiger partial charge in [0.05, 0.1) is 36.6 Å². The van der Waals surface area contributed by atoms with Crippen molar-refractivity contribution in [2.45, 2.75) is 4.90 Å². The fourth-order valence-corrected chi connectivity index (χ4v) is 3.87. The largest absolute Gasteiger partial charge is 0.493 e. The maximum Gasteiger partial charge on any atom is 0.266 e. The molecule has 2 heterocycles. The minimum absolute atomic E-state index is 0.207. The van der Waals surface area contributed by atoms with Gasteiger partial charge in [0.15, 0.2) is 11.5 Å². The highest BCUT2D eigenvalue weighted by Crippen LogP contribution is 2.37. The molecule has 0 fully saturated rings. The minimum Gasteiger partial charge on any atom is -0.493 e. The molecule has 32 heavy (non-hydrogen) atoms. The van der Waals surface area contributed by atoms with Crippen molar-refractivity contribution in [1.82, 2.24) is 10.3 Å². The number of ether oxygens (including phenoxy) is 3. The summed E-state index contributed by atoms with van der Waals surface area (Å²) in [5, 5.41) is 5.27. The van der Waals surface area contributed by atoms with Crippen LogP contribution in [0.1, 0.15) is 9.67 Å². The molecule has 1 N–H and O–H groups in total. The van der Waals surface area contributed by atoms with E-state index in [1.165, 1.54) is 17.7 Å². The highest BCUT2D eigenvalue weighted by molar-refractivity contribution is 7.80. The number of thiol groups is 1. The van der Waals surface area contributed by atoms with Crippen molar-refractivity contribution in [3.05, 3.63) is 65.0 Å². The number of aliphatic imine (C=N–C) groups is 1. The summed E-state index contributed by atoms with van der Waals surface area (Å²) in [5.74, 6) is 2.17. The van der Waals surface area contributed by atoms with E-state index in [-0.39, 0.29) is 5.91 Å². The summed E-state index contributed by atoms with van der Waals surface area (Å²) in [5.41, 5.74) is 1.31. The summed E-state index contributed by atoms with van der Waals surface area (Å²) in [4.78, 5) is 21.8. The number of amides is 1. The highest BCUT2D eigenvalue weighted by Gasteiger charge is 2.12. The number of hydrogen-bond acceptors (Lipinski definition) is 8. The Bertz CT molecular complexity index is 1290. The molecule has 0 unspecified atom stereocenters. The lowest BCUT2D eigenvalue weighted by atomic mass is 10.2. The number of nitrogens with one attached hydrogen (secondary N) is 1. The van der Waals surface area contributed by atoms with Crippen molar-refractivity contribution in [3.63, 3.8) is 0 Å². The van der Waals surface area contributed by atoms with Crippen LogP contribution in [0.15, 0.2) is 70.0 Å². The molecule has 0 aliphatic rings. The van der Waals surface area contributed by atoms with Gasteiger partial charge in [-0.05, 0) is 41.8 Å². The van der Waals surface area contributed by atoms with Gasteiger partial charge in [-0.25, -0.2) is 4.99 Å². The summed E-state index contributed by atoms with van der Waals surface area (Å²) >= 11 is 5.86. The fourth-order valence-electron chi connectivity index (χ4n) is 2.98. The van der Waals surface area contributed by atoms with Gasteiger partial charge in [0, 0.05) is 22.5 Å². The summed E-state index contributed by atoms with van der Waals surface area (Å²) in [6, 6.07) is 14.3. The summed E-state index contributed by atoms with van der Waals surface area (Å²) < 4.78 is 16.8. The first kappa shape index (κ1) is 21.7. The number of benzene rings is 2. The summed E-state index contributed by atoms with van der Waals surface area (Å²) in [6.45, 7) is 0. The van der Waals surface area contributed by atoms with Crippen LogP contribution < -0.4 is 19.5 Å². The second kappa shape index (κ2) is 9.71. The number of nitrogens with zero attached hydrogens (tertiary/aromatic N) is 2. The molecule has 0 atom stereocenters. The van der Waals surface area contributed by atoms with Gasteiger partial charge in [0.2, 0.25) is 0 Å². The fraction of sp³-hybridized carbons (Fsp3) is 0.0870. The van der Waals surface area contributed by atoms with Gasteiger partial charge in [0.1, 0.15) is 11.5 Å². The predicted octanol–water partition coefficient (Wildman–Crippen LogP) is 5.48. The lowest BCUT2D eigenvalue weighted by Gasteiger charge is -2.12. The van der Waals surface area contributed by atoms with Crippen LogP contribution in [0.4, 0.5) is 5.69 Å². The van der Waals surface area contributed by atoms with Gasteiger partial charge >= 0.3 is 0 Å². The van der Waals surface area contributed by atoms with Crippen LogP contribution >= 0.6 is 24.0 Å². The summed E-state index contributed by atoms with van der Waals surface area (Å²) in [7, 11) is 3.16. The Hall–Kier alpha value is -3.56. The van der Waals surface area contributed by atoms with Crippen LogP contribution in [0.5, 0.6) is 23.0 Å². The lowest BCUT2D eigenvalue weighted by molar-refractivity contribution is 0.0982. The first-order valence-electron chi connectivity index (χ1n) is 9.47. The Balaban J connectivity index is 1.53. The van der Waals surface area contributed by atoms with Crippen LogP contribution in [-0.2, 0) is 0 Å². The molecule has 9 heteroatoms. The zero-order chi connectivity index (χ0) is 22.5. The maximum atomic E-state index is 12.0. The molecular weight excluding hydrogens is 446 g/mol. The number of aromatic nitrogens is 1. The highest BCUT2D eigenvalue weighted by atomic mass is 32.1.